The van der Waals surface area contributed by atoms with E-state index in [1.54, 1.807) is 12.1 Å². The zero-order chi connectivity index (χ0) is 33.1. The van der Waals surface area contributed by atoms with Gasteiger partial charge in [-0.05, 0) is 92.6 Å². The third-order valence-electron chi connectivity index (χ3n) is 9.61. The number of ether oxygens (including phenoxy) is 1. The number of carbonyl (C=O) groups is 2. The van der Waals surface area contributed by atoms with Crippen molar-refractivity contribution < 1.29 is 40.3 Å². The van der Waals surface area contributed by atoms with E-state index in [4.69, 9.17) is 4.74 Å². The van der Waals surface area contributed by atoms with Crippen molar-refractivity contribution in [1.82, 2.24) is 14.5 Å². The Morgan fingerprint density at radius 2 is 1.63 bits per heavy atom. The van der Waals surface area contributed by atoms with Gasteiger partial charge in [-0.15, -0.1) is 0 Å². The van der Waals surface area contributed by atoms with Crippen molar-refractivity contribution in [1.29, 1.82) is 0 Å². The molecule has 2 spiro atoms. The molecular formula is C32H34F4N4O5S. The number of halogens is 4. The van der Waals surface area contributed by atoms with Crippen LogP contribution in [0.1, 0.15) is 63.9 Å². The molecule has 3 saturated heterocycles. The fourth-order valence-electron chi connectivity index (χ4n) is 6.64. The van der Waals surface area contributed by atoms with Crippen LogP contribution in [0, 0.1) is 25.1 Å². The van der Waals surface area contributed by atoms with Crippen LogP contribution in [0.15, 0.2) is 40.7 Å². The number of aliphatic imine (C=N–C) groups is 1. The van der Waals surface area contributed by atoms with Crippen LogP contribution >= 0.6 is 0 Å². The second-order valence-electron chi connectivity index (χ2n) is 12.7. The van der Waals surface area contributed by atoms with Gasteiger partial charge in [0, 0.05) is 48.1 Å². The molecule has 2 amide bonds. The van der Waals surface area contributed by atoms with Crippen LogP contribution in [0.5, 0.6) is 0 Å². The van der Waals surface area contributed by atoms with E-state index in [-0.39, 0.29) is 48.7 Å². The smallest absolute Gasteiger partial charge is 0.380 e. The molecule has 0 bridgehead atoms. The highest BCUT2D eigenvalue weighted by atomic mass is 32.2. The fraction of sp³-hybridized carbons (Fsp3) is 0.469. The molecule has 246 valence electrons. The number of rotatable bonds is 5. The van der Waals surface area contributed by atoms with Gasteiger partial charge in [-0.25, -0.2) is 12.8 Å². The second-order valence-corrected chi connectivity index (χ2v) is 14.5. The summed E-state index contributed by atoms with van der Waals surface area (Å²) in [6.07, 6.45) is -1.55. The number of amidine groups is 1. The van der Waals surface area contributed by atoms with E-state index >= 15 is 0 Å². The van der Waals surface area contributed by atoms with Crippen LogP contribution < -0.4 is 5.32 Å². The lowest BCUT2D eigenvalue weighted by Crippen LogP contribution is -2.52. The molecule has 0 aromatic heterocycles. The van der Waals surface area contributed by atoms with Gasteiger partial charge in [0.1, 0.15) is 17.2 Å². The normalized spacial score (nSPS) is 21.5. The molecule has 4 aliphatic rings. The molecule has 0 radical (unpaired) electrons. The summed E-state index contributed by atoms with van der Waals surface area (Å²) in [5.74, 6) is -2.15. The van der Waals surface area contributed by atoms with Crippen LogP contribution in [-0.2, 0) is 25.7 Å². The third kappa shape index (κ3) is 5.97. The zero-order valence-corrected chi connectivity index (χ0v) is 26.2. The first-order chi connectivity index (χ1) is 21.6. The highest BCUT2D eigenvalue weighted by Gasteiger charge is 2.48. The van der Waals surface area contributed by atoms with Gasteiger partial charge in [-0.3, -0.25) is 14.6 Å². The maximum Gasteiger partial charge on any atom is 0.419 e. The first-order valence-electron chi connectivity index (χ1n) is 15.1. The number of amides is 2. The topological polar surface area (TPSA) is 108 Å². The minimum absolute atomic E-state index is 0.0161. The molecule has 2 aromatic carbocycles. The number of nitrogens with one attached hydrogen (secondary N) is 1. The standard InChI is InChI=1S/C32H34F4N4O5S/c1-20-15-23(28(41)39-10-6-30(7-11-39)18-45-19-30)16-21(2)24(20)5-14-46(43,44)40-12-8-31(9-13-40)29(42)37-27(38-31)22-3-4-26(33)25(17-22)32(34,35)36/h3-5,14-17H,6-13,18-19H2,1-2H3,(H,37,38,42)/b14-5+. The van der Waals surface area contributed by atoms with E-state index in [0.29, 0.717) is 36.3 Å². The number of piperidine rings is 2. The summed E-state index contributed by atoms with van der Waals surface area (Å²) >= 11 is 0. The van der Waals surface area contributed by atoms with E-state index in [2.05, 4.69) is 10.3 Å². The summed E-state index contributed by atoms with van der Waals surface area (Å²) < 4.78 is 86.5. The number of likely N-dealkylation sites (tertiary alicyclic amines) is 1. The molecule has 0 atom stereocenters. The van der Waals surface area contributed by atoms with E-state index in [1.165, 1.54) is 10.4 Å². The van der Waals surface area contributed by atoms with Crippen molar-refractivity contribution in [2.24, 2.45) is 10.4 Å². The average molecular weight is 663 g/mol. The quantitative estimate of drug-likeness (QED) is 0.477. The third-order valence-corrected chi connectivity index (χ3v) is 11.2. The van der Waals surface area contributed by atoms with Gasteiger partial charge in [-0.1, -0.05) is 0 Å². The SMILES string of the molecule is Cc1cc(C(=O)N2CCC3(CC2)COC3)cc(C)c1/C=C/S(=O)(=O)N1CCC2(CC1)N=C(c1ccc(F)c(C(F)(F)F)c1)NC2=O. The Morgan fingerprint density at radius 3 is 2.20 bits per heavy atom. The molecule has 4 aliphatic heterocycles. The predicted molar refractivity (Wildman–Crippen MR) is 162 cm³/mol. The monoisotopic (exact) mass is 662 g/mol. The molecule has 0 saturated carbocycles. The molecule has 46 heavy (non-hydrogen) atoms. The number of carbonyl (C=O) groups excluding carboxylic acids is 2. The predicted octanol–water partition coefficient (Wildman–Crippen LogP) is 4.43. The number of hydrogen-bond acceptors (Lipinski definition) is 6. The molecule has 0 unspecified atom stereocenters. The zero-order valence-electron chi connectivity index (χ0n) is 25.4. The number of hydrogen-bond donors (Lipinski definition) is 1. The molecule has 4 heterocycles. The summed E-state index contributed by atoms with van der Waals surface area (Å²) in [4.78, 5) is 32.4. The maximum atomic E-state index is 13.8. The molecule has 9 nitrogen and oxygen atoms in total. The Balaban J connectivity index is 1.12. The Hall–Kier alpha value is -3.62. The van der Waals surface area contributed by atoms with Gasteiger partial charge in [0.25, 0.3) is 11.8 Å². The van der Waals surface area contributed by atoms with Gasteiger partial charge in [0.05, 0.1) is 18.8 Å². The highest BCUT2D eigenvalue weighted by molar-refractivity contribution is 7.92. The van der Waals surface area contributed by atoms with Crippen molar-refractivity contribution in [2.75, 3.05) is 39.4 Å². The lowest BCUT2D eigenvalue weighted by atomic mass is 9.77. The van der Waals surface area contributed by atoms with Gasteiger partial charge in [-0.2, -0.15) is 17.5 Å². The van der Waals surface area contributed by atoms with Crippen LogP contribution in [0.2, 0.25) is 0 Å². The van der Waals surface area contributed by atoms with Crippen LogP contribution in [0.4, 0.5) is 17.6 Å². The summed E-state index contributed by atoms with van der Waals surface area (Å²) in [5.41, 5.74) is 0.0614. The van der Waals surface area contributed by atoms with Crippen molar-refractivity contribution in [3.8, 4) is 0 Å². The lowest BCUT2D eigenvalue weighted by Gasteiger charge is -2.47. The molecule has 2 aromatic rings. The van der Waals surface area contributed by atoms with Gasteiger partial charge < -0.3 is 15.0 Å². The van der Waals surface area contributed by atoms with Crippen molar-refractivity contribution in [3.05, 3.63) is 74.9 Å². The van der Waals surface area contributed by atoms with Gasteiger partial charge in [0.15, 0.2) is 0 Å². The molecule has 1 N–H and O–H groups in total. The minimum Gasteiger partial charge on any atom is -0.380 e. The summed E-state index contributed by atoms with van der Waals surface area (Å²) in [6, 6.07) is 5.92. The molecule has 6 rings (SSSR count). The van der Waals surface area contributed by atoms with Crippen LogP contribution in [0.25, 0.3) is 6.08 Å². The number of aryl methyl sites for hydroxylation is 2. The van der Waals surface area contributed by atoms with E-state index in [0.717, 1.165) is 48.7 Å². The number of alkyl halides is 3. The van der Waals surface area contributed by atoms with E-state index in [9.17, 15) is 35.6 Å². The fourth-order valence-corrected chi connectivity index (χ4v) is 7.81. The number of sulfonamides is 1. The van der Waals surface area contributed by atoms with Crippen molar-refractivity contribution in [2.45, 2.75) is 51.2 Å². The Morgan fingerprint density at radius 1 is 1.00 bits per heavy atom. The van der Waals surface area contributed by atoms with Crippen LogP contribution in [0.3, 0.4) is 0 Å². The molecule has 14 heteroatoms. The van der Waals surface area contributed by atoms with Crippen molar-refractivity contribution in [3.63, 3.8) is 0 Å². The first kappa shape index (κ1) is 32.3. The Bertz CT molecular complexity index is 1730. The summed E-state index contributed by atoms with van der Waals surface area (Å²) in [6.45, 7) is 6.44. The number of nitrogens with zero attached hydrogens (tertiary/aromatic N) is 3. The summed E-state index contributed by atoms with van der Waals surface area (Å²) in [5, 5.41) is 3.60. The Kier molecular flexibility index (Phi) is 8.13. The largest absolute Gasteiger partial charge is 0.419 e. The maximum absolute atomic E-state index is 13.8. The average Bonchev–Trinajstić information content (AvgIpc) is 3.30. The second kappa shape index (κ2) is 11.6. The van der Waals surface area contributed by atoms with E-state index < -0.39 is 39.0 Å². The minimum atomic E-state index is -4.92. The Labute approximate surface area is 264 Å². The molecular weight excluding hydrogens is 628 g/mol. The van der Waals surface area contributed by atoms with Gasteiger partial charge in [0.2, 0.25) is 10.0 Å². The van der Waals surface area contributed by atoms with Crippen LogP contribution in [-0.4, -0.2) is 80.2 Å². The first-order valence-corrected chi connectivity index (χ1v) is 16.6. The molecule has 0 aliphatic carbocycles. The molecule has 3 fully saturated rings. The summed E-state index contributed by atoms with van der Waals surface area (Å²) in [7, 11) is -3.90. The lowest BCUT2D eigenvalue weighted by molar-refractivity contribution is -0.140. The van der Waals surface area contributed by atoms with Gasteiger partial charge >= 0.3 is 6.18 Å². The highest BCUT2D eigenvalue weighted by Crippen LogP contribution is 2.39. The number of benzene rings is 2. The van der Waals surface area contributed by atoms with E-state index in [1.807, 2.05) is 18.7 Å². The van der Waals surface area contributed by atoms with Crippen molar-refractivity contribution >= 4 is 33.7 Å².